The van der Waals surface area contributed by atoms with Gasteiger partial charge in [-0.2, -0.15) is 0 Å². The third-order valence-corrected chi connectivity index (χ3v) is 5.46. The molecule has 4 rings (SSSR count). The molecule has 4 aromatic rings. The number of thiazole rings is 1. The molecule has 0 bridgehead atoms. The molecule has 0 saturated carbocycles. The van der Waals surface area contributed by atoms with Gasteiger partial charge < -0.3 is 5.32 Å². The standard InChI is InChI=1S/C21H15ClN4OS/c1-13-18(28-21(25-13)15-8-5-9-16(22)10-15)20(27)26-17-11-23-19(24-12-17)14-6-3-2-4-7-14/h2-12H,1H3,(H,26,27). The van der Waals surface area contributed by atoms with Crippen molar-refractivity contribution >= 4 is 34.5 Å². The van der Waals surface area contributed by atoms with Gasteiger partial charge in [0.05, 0.1) is 23.8 Å². The van der Waals surface area contributed by atoms with Crippen LogP contribution in [0.3, 0.4) is 0 Å². The van der Waals surface area contributed by atoms with E-state index in [0.29, 0.717) is 27.1 Å². The van der Waals surface area contributed by atoms with Crippen molar-refractivity contribution < 1.29 is 4.79 Å². The predicted molar refractivity (Wildman–Crippen MR) is 113 cm³/mol. The Bertz CT molecular complexity index is 1130. The fraction of sp³-hybridized carbons (Fsp3) is 0.0476. The van der Waals surface area contributed by atoms with E-state index in [9.17, 15) is 4.79 Å². The number of halogens is 1. The van der Waals surface area contributed by atoms with E-state index in [4.69, 9.17) is 11.6 Å². The lowest BCUT2D eigenvalue weighted by atomic mass is 10.2. The topological polar surface area (TPSA) is 67.8 Å². The van der Waals surface area contributed by atoms with Gasteiger partial charge in [0.1, 0.15) is 9.88 Å². The molecule has 0 aliphatic heterocycles. The lowest BCUT2D eigenvalue weighted by molar-refractivity contribution is 0.102. The Hall–Kier alpha value is -3.09. The highest BCUT2D eigenvalue weighted by Gasteiger charge is 2.17. The molecule has 2 aromatic carbocycles. The third kappa shape index (κ3) is 3.93. The van der Waals surface area contributed by atoms with Crippen molar-refractivity contribution in [1.82, 2.24) is 15.0 Å². The normalized spacial score (nSPS) is 10.6. The number of aryl methyl sites for hydroxylation is 1. The van der Waals surface area contributed by atoms with E-state index in [1.807, 2.05) is 55.5 Å². The fourth-order valence-electron chi connectivity index (χ4n) is 2.67. The smallest absolute Gasteiger partial charge is 0.267 e. The van der Waals surface area contributed by atoms with Crippen LogP contribution in [0.4, 0.5) is 5.69 Å². The second-order valence-electron chi connectivity index (χ2n) is 6.06. The Morgan fingerprint density at radius 1 is 1.00 bits per heavy atom. The molecule has 28 heavy (non-hydrogen) atoms. The number of carbonyl (C=O) groups excluding carboxylic acids is 1. The highest BCUT2D eigenvalue weighted by atomic mass is 35.5. The van der Waals surface area contributed by atoms with Crippen LogP contribution in [0.25, 0.3) is 22.0 Å². The number of hydrogen-bond donors (Lipinski definition) is 1. The molecule has 5 nitrogen and oxygen atoms in total. The lowest BCUT2D eigenvalue weighted by Crippen LogP contribution is -2.12. The summed E-state index contributed by atoms with van der Waals surface area (Å²) in [5, 5.41) is 4.22. The van der Waals surface area contributed by atoms with Crippen LogP contribution in [0.15, 0.2) is 67.0 Å². The molecule has 0 fully saturated rings. The number of nitrogens with one attached hydrogen (secondary N) is 1. The van der Waals surface area contributed by atoms with Crippen LogP contribution in [-0.2, 0) is 0 Å². The van der Waals surface area contributed by atoms with Gasteiger partial charge in [-0.1, -0.05) is 54.1 Å². The number of aromatic nitrogens is 3. The number of anilines is 1. The van der Waals surface area contributed by atoms with E-state index in [1.165, 1.54) is 11.3 Å². The largest absolute Gasteiger partial charge is 0.319 e. The summed E-state index contributed by atoms with van der Waals surface area (Å²) in [6, 6.07) is 17.1. The molecule has 7 heteroatoms. The van der Waals surface area contributed by atoms with Crippen molar-refractivity contribution in [2.45, 2.75) is 6.92 Å². The van der Waals surface area contributed by atoms with Crippen LogP contribution in [0.1, 0.15) is 15.4 Å². The Kier molecular flexibility index (Phi) is 5.14. The fourth-order valence-corrected chi connectivity index (χ4v) is 3.82. The minimum Gasteiger partial charge on any atom is -0.319 e. The summed E-state index contributed by atoms with van der Waals surface area (Å²) >= 11 is 7.38. The first-order valence-corrected chi connectivity index (χ1v) is 9.72. The molecule has 2 aromatic heterocycles. The molecule has 0 radical (unpaired) electrons. The maximum absolute atomic E-state index is 12.7. The second-order valence-corrected chi connectivity index (χ2v) is 7.49. The van der Waals surface area contributed by atoms with E-state index < -0.39 is 0 Å². The van der Waals surface area contributed by atoms with Crippen molar-refractivity contribution in [2.75, 3.05) is 5.32 Å². The summed E-state index contributed by atoms with van der Waals surface area (Å²) in [5.41, 5.74) is 3.00. The number of nitrogens with zero attached hydrogens (tertiary/aromatic N) is 3. The molecule has 0 saturated heterocycles. The minimum absolute atomic E-state index is 0.237. The van der Waals surface area contributed by atoms with E-state index in [2.05, 4.69) is 20.3 Å². The Morgan fingerprint density at radius 2 is 1.71 bits per heavy atom. The van der Waals surface area contributed by atoms with Gasteiger partial charge in [-0.05, 0) is 19.1 Å². The first-order chi connectivity index (χ1) is 13.6. The minimum atomic E-state index is -0.237. The van der Waals surface area contributed by atoms with Gasteiger partial charge in [0.25, 0.3) is 5.91 Å². The summed E-state index contributed by atoms with van der Waals surface area (Å²) in [6.45, 7) is 1.81. The molecule has 2 heterocycles. The van der Waals surface area contributed by atoms with E-state index in [0.717, 1.165) is 16.1 Å². The van der Waals surface area contributed by atoms with Crippen LogP contribution < -0.4 is 5.32 Å². The summed E-state index contributed by atoms with van der Waals surface area (Å²) in [5.74, 6) is 0.371. The van der Waals surface area contributed by atoms with E-state index in [-0.39, 0.29) is 5.91 Å². The molecule has 0 atom stereocenters. The number of hydrogen-bond acceptors (Lipinski definition) is 5. The zero-order valence-electron chi connectivity index (χ0n) is 14.9. The van der Waals surface area contributed by atoms with Crippen LogP contribution in [0.5, 0.6) is 0 Å². The summed E-state index contributed by atoms with van der Waals surface area (Å²) in [7, 11) is 0. The van der Waals surface area contributed by atoms with Crippen LogP contribution >= 0.6 is 22.9 Å². The van der Waals surface area contributed by atoms with Crippen LogP contribution in [0, 0.1) is 6.92 Å². The highest BCUT2D eigenvalue weighted by Crippen LogP contribution is 2.30. The van der Waals surface area contributed by atoms with Gasteiger partial charge in [-0.25, -0.2) is 15.0 Å². The zero-order valence-corrected chi connectivity index (χ0v) is 16.5. The van der Waals surface area contributed by atoms with Crippen molar-refractivity contribution in [1.29, 1.82) is 0 Å². The quantitative estimate of drug-likeness (QED) is 0.487. The van der Waals surface area contributed by atoms with Gasteiger partial charge >= 0.3 is 0 Å². The Labute approximate surface area is 171 Å². The number of benzene rings is 2. The third-order valence-electron chi connectivity index (χ3n) is 4.02. The van der Waals surface area contributed by atoms with Crippen molar-refractivity contribution in [2.24, 2.45) is 0 Å². The van der Waals surface area contributed by atoms with Gasteiger partial charge in [0.15, 0.2) is 5.82 Å². The average Bonchev–Trinajstić information content (AvgIpc) is 3.11. The molecule has 0 spiro atoms. The average molecular weight is 407 g/mol. The first-order valence-electron chi connectivity index (χ1n) is 8.52. The zero-order chi connectivity index (χ0) is 19.5. The predicted octanol–water partition coefficient (Wildman–Crippen LogP) is 5.48. The number of amides is 1. The Balaban J connectivity index is 1.52. The summed E-state index contributed by atoms with van der Waals surface area (Å²) < 4.78 is 0. The lowest BCUT2D eigenvalue weighted by Gasteiger charge is -2.04. The van der Waals surface area contributed by atoms with Gasteiger partial charge in [-0.3, -0.25) is 4.79 Å². The van der Waals surface area contributed by atoms with Gasteiger partial charge in [-0.15, -0.1) is 11.3 Å². The molecule has 0 aliphatic carbocycles. The number of carbonyl (C=O) groups is 1. The van der Waals surface area contributed by atoms with Gasteiger partial charge in [0, 0.05) is 16.1 Å². The first kappa shape index (κ1) is 18.3. The van der Waals surface area contributed by atoms with Crippen LogP contribution in [0.2, 0.25) is 5.02 Å². The second kappa shape index (κ2) is 7.88. The van der Waals surface area contributed by atoms with Crippen molar-refractivity contribution in [3.05, 3.63) is 82.6 Å². The highest BCUT2D eigenvalue weighted by molar-refractivity contribution is 7.17. The maximum atomic E-state index is 12.7. The molecular weight excluding hydrogens is 392 g/mol. The summed E-state index contributed by atoms with van der Waals surface area (Å²) in [6.07, 6.45) is 3.20. The molecular formula is C21H15ClN4OS. The van der Waals surface area contributed by atoms with E-state index >= 15 is 0 Å². The molecule has 1 amide bonds. The van der Waals surface area contributed by atoms with Crippen molar-refractivity contribution in [3.63, 3.8) is 0 Å². The molecule has 0 unspecified atom stereocenters. The molecule has 1 N–H and O–H groups in total. The number of rotatable bonds is 4. The molecule has 0 aliphatic rings. The summed E-state index contributed by atoms with van der Waals surface area (Å²) in [4.78, 5) is 26.4. The van der Waals surface area contributed by atoms with E-state index in [1.54, 1.807) is 18.5 Å². The monoisotopic (exact) mass is 406 g/mol. The van der Waals surface area contributed by atoms with Gasteiger partial charge in [0.2, 0.25) is 0 Å². The Morgan fingerprint density at radius 3 is 2.43 bits per heavy atom. The SMILES string of the molecule is Cc1nc(-c2cccc(Cl)c2)sc1C(=O)Nc1cnc(-c2ccccc2)nc1. The maximum Gasteiger partial charge on any atom is 0.267 e. The molecule has 138 valence electrons. The van der Waals surface area contributed by atoms with Crippen LogP contribution in [-0.4, -0.2) is 20.9 Å². The van der Waals surface area contributed by atoms with Crippen molar-refractivity contribution in [3.8, 4) is 22.0 Å².